The van der Waals surface area contributed by atoms with E-state index in [1.807, 2.05) is 44.2 Å². The summed E-state index contributed by atoms with van der Waals surface area (Å²) in [5.41, 5.74) is 2.60. The molecule has 3 rings (SSSR count). The molecular formula is C21H23N3O3S2. The fourth-order valence-corrected chi connectivity index (χ4v) is 4.75. The first kappa shape index (κ1) is 21.3. The van der Waals surface area contributed by atoms with Gasteiger partial charge in [-0.05, 0) is 44.9 Å². The van der Waals surface area contributed by atoms with Gasteiger partial charge in [0.25, 0.3) is 0 Å². The lowest BCUT2D eigenvalue weighted by atomic mass is 10.1. The minimum atomic E-state index is -0.416. The van der Waals surface area contributed by atoms with Crippen molar-refractivity contribution in [2.75, 3.05) is 11.9 Å². The quantitative estimate of drug-likeness (QED) is 0.421. The second kappa shape index (κ2) is 9.37. The first-order valence-electron chi connectivity index (χ1n) is 9.41. The van der Waals surface area contributed by atoms with Crippen LogP contribution in [0.5, 0.6) is 0 Å². The van der Waals surface area contributed by atoms with Crippen molar-refractivity contribution in [3.63, 3.8) is 0 Å². The number of nitrogens with zero attached hydrogens (tertiary/aromatic N) is 2. The molecule has 1 N–H and O–H groups in total. The molecule has 29 heavy (non-hydrogen) atoms. The van der Waals surface area contributed by atoms with Crippen molar-refractivity contribution in [2.24, 2.45) is 0 Å². The largest absolute Gasteiger partial charge is 0.462 e. The first-order valence-corrected chi connectivity index (χ1v) is 11.1. The zero-order valence-electron chi connectivity index (χ0n) is 16.8. The molecule has 0 fully saturated rings. The number of thioether (sulfide) groups is 1. The van der Waals surface area contributed by atoms with Gasteiger partial charge in [0.1, 0.15) is 4.88 Å². The van der Waals surface area contributed by atoms with Crippen molar-refractivity contribution in [3.8, 4) is 0 Å². The second-order valence-electron chi connectivity index (χ2n) is 6.45. The maximum Gasteiger partial charge on any atom is 0.350 e. The van der Waals surface area contributed by atoms with Crippen LogP contribution in [0, 0.1) is 13.8 Å². The van der Waals surface area contributed by atoms with E-state index >= 15 is 0 Å². The molecule has 3 aromatic rings. The van der Waals surface area contributed by atoms with Crippen LogP contribution in [0.4, 0.5) is 5.13 Å². The number of fused-ring (bicyclic) bond motifs is 1. The number of rotatable bonds is 7. The number of hydrogen-bond acceptors (Lipinski definition) is 7. The molecule has 1 amide bonds. The Morgan fingerprint density at radius 1 is 1.21 bits per heavy atom. The first-order chi connectivity index (χ1) is 13.9. The molecular weight excluding hydrogens is 406 g/mol. The summed E-state index contributed by atoms with van der Waals surface area (Å²) in [5, 5.41) is 4.84. The van der Waals surface area contributed by atoms with Gasteiger partial charge in [0, 0.05) is 5.39 Å². The van der Waals surface area contributed by atoms with E-state index in [0.717, 1.165) is 32.8 Å². The van der Waals surface area contributed by atoms with Crippen molar-refractivity contribution in [1.29, 1.82) is 0 Å². The molecule has 0 spiro atoms. The predicted octanol–water partition coefficient (Wildman–Crippen LogP) is 4.99. The Hall–Kier alpha value is -2.45. The van der Waals surface area contributed by atoms with Crippen LogP contribution in [0.2, 0.25) is 0 Å². The maximum atomic E-state index is 12.8. The standard InChI is InChI=1S/C21H23N3O3S2/c1-5-16(28-17-11-12(3)14-9-7-8-10-15(14)23-17)19(25)24-21-22-13(4)18(29-21)20(26)27-6-2/h7-11,16H,5-6H2,1-4H3,(H,22,24,25). The Kier molecular flexibility index (Phi) is 6.87. The number of hydrogen-bond donors (Lipinski definition) is 1. The van der Waals surface area contributed by atoms with Gasteiger partial charge in [0.15, 0.2) is 5.13 Å². The van der Waals surface area contributed by atoms with Crippen molar-refractivity contribution in [2.45, 2.75) is 44.4 Å². The fourth-order valence-electron chi connectivity index (χ4n) is 2.87. The number of ether oxygens (including phenoxy) is 1. The summed E-state index contributed by atoms with van der Waals surface area (Å²) in [6.07, 6.45) is 0.638. The summed E-state index contributed by atoms with van der Waals surface area (Å²) in [5.74, 6) is -0.575. The number of carbonyl (C=O) groups excluding carboxylic acids is 2. The van der Waals surface area contributed by atoms with E-state index in [2.05, 4.69) is 15.3 Å². The predicted molar refractivity (Wildman–Crippen MR) is 118 cm³/mol. The summed E-state index contributed by atoms with van der Waals surface area (Å²) in [4.78, 5) is 34.2. The lowest BCUT2D eigenvalue weighted by Crippen LogP contribution is -2.24. The highest BCUT2D eigenvalue weighted by atomic mass is 32.2. The Bertz CT molecular complexity index is 1050. The van der Waals surface area contributed by atoms with E-state index in [9.17, 15) is 9.59 Å². The number of aryl methyl sites for hydroxylation is 2. The third kappa shape index (κ3) is 4.94. The van der Waals surface area contributed by atoms with Crippen LogP contribution >= 0.6 is 23.1 Å². The number of benzene rings is 1. The number of aromatic nitrogens is 2. The van der Waals surface area contributed by atoms with Crippen molar-refractivity contribution in [3.05, 3.63) is 46.5 Å². The number of esters is 1. The molecule has 8 heteroatoms. The highest BCUT2D eigenvalue weighted by Crippen LogP contribution is 2.30. The topological polar surface area (TPSA) is 81.2 Å². The molecule has 0 aliphatic carbocycles. The highest BCUT2D eigenvalue weighted by Gasteiger charge is 2.22. The zero-order chi connectivity index (χ0) is 21.0. The number of amides is 1. The molecule has 0 saturated heterocycles. The third-order valence-electron chi connectivity index (χ3n) is 4.31. The molecule has 0 saturated carbocycles. The van der Waals surface area contributed by atoms with Crippen LogP contribution < -0.4 is 5.32 Å². The molecule has 0 aliphatic heterocycles. The number of para-hydroxylation sites is 1. The van der Waals surface area contributed by atoms with Crippen LogP contribution in [0.1, 0.15) is 41.2 Å². The van der Waals surface area contributed by atoms with Gasteiger partial charge in [-0.2, -0.15) is 0 Å². The number of nitrogens with one attached hydrogen (secondary N) is 1. The Balaban J connectivity index is 1.74. The Morgan fingerprint density at radius 2 is 1.97 bits per heavy atom. The van der Waals surface area contributed by atoms with Crippen LogP contribution in [0.25, 0.3) is 10.9 Å². The normalized spacial score (nSPS) is 12.0. The molecule has 2 aromatic heterocycles. The van der Waals surface area contributed by atoms with Crippen LogP contribution in [-0.4, -0.2) is 33.7 Å². The van der Waals surface area contributed by atoms with Crippen molar-refractivity contribution < 1.29 is 14.3 Å². The van der Waals surface area contributed by atoms with Crippen molar-refractivity contribution in [1.82, 2.24) is 9.97 Å². The van der Waals surface area contributed by atoms with Gasteiger partial charge in [0.05, 0.1) is 28.1 Å². The van der Waals surface area contributed by atoms with E-state index in [0.29, 0.717) is 28.7 Å². The van der Waals surface area contributed by atoms with Crippen LogP contribution in [-0.2, 0) is 9.53 Å². The van der Waals surface area contributed by atoms with Crippen LogP contribution in [0.3, 0.4) is 0 Å². The minimum Gasteiger partial charge on any atom is -0.462 e. The second-order valence-corrected chi connectivity index (χ2v) is 8.67. The molecule has 1 unspecified atom stereocenters. The molecule has 1 atom stereocenters. The van der Waals surface area contributed by atoms with Crippen molar-refractivity contribution >= 4 is 51.0 Å². The molecule has 1 aromatic carbocycles. The van der Waals surface area contributed by atoms with E-state index in [-0.39, 0.29) is 11.2 Å². The fraction of sp³-hybridized carbons (Fsp3) is 0.333. The van der Waals surface area contributed by atoms with E-state index in [4.69, 9.17) is 4.74 Å². The number of anilines is 1. The lowest BCUT2D eigenvalue weighted by molar-refractivity contribution is -0.115. The van der Waals surface area contributed by atoms with Gasteiger partial charge in [0.2, 0.25) is 5.91 Å². The summed E-state index contributed by atoms with van der Waals surface area (Å²) in [7, 11) is 0. The van der Waals surface area contributed by atoms with Crippen LogP contribution in [0.15, 0.2) is 35.4 Å². The van der Waals surface area contributed by atoms with Gasteiger partial charge in [-0.3, -0.25) is 4.79 Å². The molecule has 6 nitrogen and oxygen atoms in total. The Morgan fingerprint density at radius 3 is 2.69 bits per heavy atom. The minimum absolute atomic E-state index is 0.158. The summed E-state index contributed by atoms with van der Waals surface area (Å²) < 4.78 is 5.03. The van der Waals surface area contributed by atoms with E-state index in [1.54, 1.807) is 13.8 Å². The summed E-state index contributed by atoms with van der Waals surface area (Å²) >= 11 is 2.56. The van der Waals surface area contributed by atoms with Gasteiger partial charge in [-0.25, -0.2) is 14.8 Å². The molecule has 0 radical (unpaired) electrons. The average molecular weight is 430 g/mol. The number of carbonyl (C=O) groups is 2. The maximum absolute atomic E-state index is 12.8. The molecule has 152 valence electrons. The van der Waals surface area contributed by atoms with Gasteiger partial charge < -0.3 is 10.1 Å². The smallest absolute Gasteiger partial charge is 0.350 e. The lowest BCUT2D eigenvalue weighted by Gasteiger charge is -2.14. The van der Waals surface area contributed by atoms with Gasteiger partial charge in [-0.1, -0.05) is 48.2 Å². The molecule has 2 heterocycles. The summed E-state index contributed by atoms with van der Waals surface area (Å²) in [6.45, 7) is 7.78. The van der Waals surface area contributed by atoms with Gasteiger partial charge >= 0.3 is 5.97 Å². The SMILES string of the molecule is CCOC(=O)c1sc(NC(=O)C(CC)Sc2cc(C)c3ccccc3n2)nc1C. The molecule has 0 bridgehead atoms. The zero-order valence-corrected chi connectivity index (χ0v) is 18.4. The third-order valence-corrected chi connectivity index (χ3v) is 6.65. The van der Waals surface area contributed by atoms with Gasteiger partial charge in [-0.15, -0.1) is 0 Å². The molecule has 0 aliphatic rings. The average Bonchev–Trinajstić information content (AvgIpc) is 3.06. The highest BCUT2D eigenvalue weighted by molar-refractivity contribution is 8.00. The van der Waals surface area contributed by atoms with E-state index < -0.39 is 5.97 Å². The summed E-state index contributed by atoms with van der Waals surface area (Å²) in [6, 6.07) is 9.98. The monoisotopic (exact) mass is 429 g/mol. The van der Waals surface area contributed by atoms with E-state index in [1.165, 1.54) is 11.8 Å². The Labute approximate surface area is 178 Å². The number of thiazole rings is 1. The number of pyridine rings is 1.